The van der Waals surface area contributed by atoms with Crippen LogP contribution >= 0.6 is 15.9 Å². The molecule has 1 aliphatic heterocycles. The van der Waals surface area contributed by atoms with E-state index in [0.717, 1.165) is 37.1 Å². The van der Waals surface area contributed by atoms with Crippen molar-refractivity contribution in [3.8, 4) is 11.8 Å². The lowest BCUT2D eigenvalue weighted by Gasteiger charge is -2.29. The van der Waals surface area contributed by atoms with Crippen LogP contribution in [0.3, 0.4) is 0 Å². The lowest BCUT2D eigenvalue weighted by Crippen LogP contribution is -2.43. The minimum atomic E-state index is 0.727. The fraction of sp³-hybridized carbons (Fsp3) is 0.385. The highest BCUT2D eigenvalue weighted by atomic mass is 79.9. The van der Waals surface area contributed by atoms with E-state index in [9.17, 15) is 0 Å². The molecule has 0 aromatic heterocycles. The molecule has 1 aliphatic rings. The van der Waals surface area contributed by atoms with E-state index in [1.165, 1.54) is 5.69 Å². The van der Waals surface area contributed by atoms with Gasteiger partial charge in [0.05, 0.1) is 5.33 Å². The van der Waals surface area contributed by atoms with Gasteiger partial charge in [0.1, 0.15) is 0 Å². The van der Waals surface area contributed by atoms with Crippen molar-refractivity contribution in [3.05, 3.63) is 29.8 Å². The van der Waals surface area contributed by atoms with Gasteiger partial charge in [-0.2, -0.15) is 0 Å². The van der Waals surface area contributed by atoms with Gasteiger partial charge < -0.3 is 10.2 Å². The lowest BCUT2D eigenvalue weighted by molar-refractivity contribution is 0.589. The molecule has 1 N–H and O–H groups in total. The Kier molecular flexibility index (Phi) is 4.26. The van der Waals surface area contributed by atoms with Gasteiger partial charge in [-0.3, -0.25) is 0 Å². The van der Waals surface area contributed by atoms with Crippen LogP contribution < -0.4 is 10.2 Å². The van der Waals surface area contributed by atoms with Gasteiger partial charge in [-0.25, -0.2) is 0 Å². The van der Waals surface area contributed by atoms with Gasteiger partial charge in [0, 0.05) is 37.4 Å². The van der Waals surface area contributed by atoms with Crippen LogP contribution in [0, 0.1) is 11.8 Å². The average Bonchev–Trinajstić information content (AvgIpc) is 2.38. The molecule has 0 radical (unpaired) electrons. The SMILES string of the molecule is BrCC#Cc1cccc(N2CCNCC2)c1. The first-order chi connectivity index (χ1) is 7.90. The zero-order valence-electron chi connectivity index (χ0n) is 9.17. The Morgan fingerprint density at radius 2 is 2.12 bits per heavy atom. The number of rotatable bonds is 1. The Morgan fingerprint density at radius 1 is 1.31 bits per heavy atom. The normalized spacial score (nSPS) is 15.4. The third kappa shape index (κ3) is 3.01. The number of piperazine rings is 1. The molecule has 2 rings (SSSR count). The summed E-state index contributed by atoms with van der Waals surface area (Å²) < 4.78 is 0. The number of hydrogen-bond donors (Lipinski definition) is 1. The Bertz CT molecular complexity index is 400. The van der Waals surface area contributed by atoms with Gasteiger partial charge in [-0.15, -0.1) is 0 Å². The maximum atomic E-state index is 3.36. The summed E-state index contributed by atoms with van der Waals surface area (Å²) in [7, 11) is 0. The number of nitrogens with zero attached hydrogens (tertiary/aromatic N) is 1. The summed E-state index contributed by atoms with van der Waals surface area (Å²) in [6.45, 7) is 4.29. The number of nitrogens with one attached hydrogen (secondary N) is 1. The maximum Gasteiger partial charge on any atom is 0.0649 e. The highest BCUT2D eigenvalue weighted by Gasteiger charge is 2.09. The predicted molar refractivity (Wildman–Crippen MR) is 72.2 cm³/mol. The lowest BCUT2D eigenvalue weighted by atomic mass is 10.2. The van der Waals surface area contributed by atoms with Crippen molar-refractivity contribution in [1.82, 2.24) is 5.32 Å². The summed E-state index contributed by atoms with van der Waals surface area (Å²) in [5, 5.41) is 4.08. The van der Waals surface area contributed by atoms with Crippen molar-refractivity contribution in [3.63, 3.8) is 0 Å². The van der Waals surface area contributed by atoms with E-state index >= 15 is 0 Å². The highest BCUT2D eigenvalue weighted by molar-refractivity contribution is 9.09. The summed E-state index contributed by atoms with van der Waals surface area (Å²) in [5.41, 5.74) is 2.37. The van der Waals surface area contributed by atoms with E-state index in [1.54, 1.807) is 0 Å². The molecule has 1 heterocycles. The highest BCUT2D eigenvalue weighted by Crippen LogP contribution is 2.16. The third-order valence-corrected chi connectivity index (χ3v) is 2.91. The van der Waals surface area contributed by atoms with Crippen LogP contribution in [-0.4, -0.2) is 31.5 Å². The van der Waals surface area contributed by atoms with E-state index in [0.29, 0.717) is 0 Å². The molecule has 0 spiro atoms. The summed E-state index contributed by atoms with van der Waals surface area (Å²) >= 11 is 3.31. The molecule has 3 heteroatoms. The van der Waals surface area contributed by atoms with Crippen LogP contribution in [0.25, 0.3) is 0 Å². The monoisotopic (exact) mass is 278 g/mol. The fourth-order valence-electron chi connectivity index (χ4n) is 1.84. The smallest absolute Gasteiger partial charge is 0.0649 e. The second-order valence-electron chi connectivity index (χ2n) is 3.72. The van der Waals surface area contributed by atoms with Crippen molar-refractivity contribution in [2.45, 2.75) is 0 Å². The molecule has 1 saturated heterocycles. The van der Waals surface area contributed by atoms with Gasteiger partial charge in [-0.05, 0) is 18.2 Å². The fourth-order valence-corrected chi connectivity index (χ4v) is 1.98. The number of benzene rings is 1. The van der Waals surface area contributed by atoms with E-state index in [4.69, 9.17) is 0 Å². The number of alkyl halides is 1. The molecule has 1 aromatic carbocycles. The molecule has 2 nitrogen and oxygen atoms in total. The van der Waals surface area contributed by atoms with Gasteiger partial charge >= 0.3 is 0 Å². The molecule has 0 aliphatic carbocycles. The summed E-state index contributed by atoms with van der Waals surface area (Å²) in [4.78, 5) is 2.40. The average molecular weight is 279 g/mol. The quantitative estimate of drug-likeness (QED) is 0.623. The number of halogens is 1. The molecule has 0 unspecified atom stereocenters. The van der Waals surface area contributed by atoms with Crippen LogP contribution in [0.5, 0.6) is 0 Å². The van der Waals surface area contributed by atoms with Crippen LogP contribution in [0.15, 0.2) is 24.3 Å². The number of hydrogen-bond acceptors (Lipinski definition) is 2. The van der Waals surface area contributed by atoms with E-state index in [2.05, 4.69) is 62.3 Å². The number of anilines is 1. The topological polar surface area (TPSA) is 15.3 Å². The Balaban J connectivity index is 2.14. The minimum Gasteiger partial charge on any atom is -0.369 e. The van der Waals surface area contributed by atoms with Gasteiger partial charge in [0.15, 0.2) is 0 Å². The Morgan fingerprint density at radius 3 is 2.88 bits per heavy atom. The van der Waals surface area contributed by atoms with Crippen LogP contribution in [0.1, 0.15) is 5.56 Å². The van der Waals surface area contributed by atoms with Crippen molar-refractivity contribution < 1.29 is 0 Å². The maximum absolute atomic E-state index is 3.36. The summed E-state index contributed by atoms with van der Waals surface area (Å²) in [5.74, 6) is 6.17. The zero-order valence-corrected chi connectivity index (χ0v) is 10.8. The molecular formula is C13H15BrN2. The molecule has 0 amide bonds. The molecule has 84 valence electrons. The van der Waals surface area contributed by atoms with E-state index < -0.39 is 0 Å². The molecule has 0 saturated carbocycles. The second-order valence-corrected chi connectivity index (χ2v) is 4.28. The van der Waals surface area contributed by atoms with Gasteiger partial charge in [-0.1, -0.05) is 33.8 Å². The van der Waals surface area contributed by atoms with Crippen molar-refractivity contribution in [1.29, 1.82) is 0 Å². The minimum absolute atomic E-state index is 0.727. The first-order valence-corrected chi connectivity index (χ1v) is 6.63. The molecule has 0 atom stereocenters. The first-order valence-electron chi connectivity index (χ1n) is 5.51. The largest absolute Gasteiger partial charge is 0.369 e. The second kappa shape index (κ2) is 5.93. The van der Waals surface area contributed by atoms with Gasteiger partial charge in [0.25, 0.3) is 0 Å². The van der Waals surface area contributed by atoms with Crippen molar-refractivity contribution >= 4 is 21.6 Å². The summed E-state index contributed by atoms with van der Waals surface area (Å²) in [6.07, 6.45) is 0. The Labute approximate surface area is 105 Å². The first kappa shape index (κ1) is 11.5. The Hall–Kier alpha value is -0.980. The van der Waals surface area contributed by atoms with Crippen LogP contribution in [0.2, 0.25) is 0 Å². The molecular weight excluding hydrogens is 264 g/mol. The predicted octanol–water partition coefficient (Wildman–Crippen LogP) is 1.84. The van der Waals surface area contributed by atoms with E-state index in [1.807, 2.05) is 0 Å². The standard InChI is InChI=1S/C13H15BrN2/c14-6-2-4-12-3-1-5-13(11-12)16-9-7-15-8-10-16/h1,3,5,11,15H,6-10H2. The third-order valence-electron chi connectivity index (χ3n) is 2.63. The van der Waals surface area contributed by atoms with E-state index in [-0.39, 0.29) is 0 Å². The molecule has 0 bridgehead atoms. The molecule has 1 fully saturated rings. The van der Waals surface area contributed by atoms with Gasteiger partial charge in [0.2, 0.25) is 0 Å². The van der Waals surface area contributed by atoms with Crippen molar-refractivity contribution in [2.24, 2.45) is 0 Å². The zero-order chi connectivity index (χ0) is 11.2. The van der Waals surface area contributed by atoms with Crippen molar-refractivity contribution in [2.75, 3.05) is 36.4 Å². The molecule has 16 heavy (non-hydrogen) atoms. The van der Waals surface area contributed by atoms with Crippen LogP contribution in [-0.2, 0) is 0 Å². The summed E-state index contributed by atoms with van der Waals surface area (Å²) in [6, 6.07) is 8.46. The van der Waals surface area contributed by atoms with Crippen LogP contribution in [0.4, 0.5) is 5.69 Å². The molecule has 1 aromatic rings.